The van der Waals surface area contributed by atoms with Crippen LogP contribution in [0, 0.1) is 0 Å². The lowest BCUT2D eigenvalue weighted by Gasteiger charge is -2.53. The maximum Gasteiger partial charge on any atom is 0.334 e. The zero-order valence-corrected chi connectivity index (χ0v) is 29.9. The Balaban J connectivity index is 1.83. The Hall–Kier alpha value is -3.66. The molecular weight excluding hydrogens is 568 g/mol. The highest BCUT2D eigenvalue weighted by Gasteiger charge is 2.55. The zero-order valence-electron chi connectivity index (χ0n) is 29.9. The number of hydrogen-bond donors (Lipinski definition) is 2. The molecule has 1 aliphatic carbocycles. The molecule has 244 valence electrons. The molecule has 1 fully saturated rings. The second kappa shape index (κ2) is 11.5. The van der Waals surface area contributed by atoms with Crippen molar-refractivity contribution in [1.82, 2.24) is 0 Å². The monoisotopic (exact) mass is 622 g/mol. The molecule has 0 saturated heterocycles. The molecule has 4 aromatic rings. The van der Waals surface area contributed by atoms with Gasteiger partial charge in [-0.25, -0.2) is 8.83 Å². The standard InChI is InChI=1S/C42H52O4/c1-39(2,3)31-21-27(22-32(45-31)40(4,5)6)37-35(25-13-17-29(43)18-14-25)38(36(37)26-15-19-30(44)20-16-26)28-23-33(41(7,8)9)46-34(24-28)42(10,11)12/h13-24,35-38H,1-12H3/p+2. The fraction of sp³-hybridized carbons (Fsp3) is 0.476. The summed E-state index contributed by atoms with van der Waals surface area (Å²) in [5.41, 5.74) is 4.18. The summed E-state index contributed by atoms with van der Waals surface area (Å²) in [6.07, 6.45) is 0. The van der Waals surface area contributed by atoms with Crippen molar-refractivity contribution in [1.29, 1.82) is 0 Å². The molecule has 1 aliphatic rings. The molecule has 0 aliphatic heterocycles. The van der Waals surface area contributed by atoms with Crippen molar-refractivity contribution in [2.45, 2.75) is 128 Å². The van der Waals surface area contributed by atoms with Crippen LogP contribution in [-0.2, 0) is 21.7 Å². The van der Waals surface area contributed by atoms with Crippen LogP contribution in [0.15, 0.2) is 81.6 Å². The first-order valence-electron chi connectivity index (χ1n) is 16.7. The van der Waals surface area contributed by atoms with Crippen molar-refractivity contribution in [2.75, 3.05) is 0 Å². The van der Waals surface area contributed by atoms with Gasteiger partial charge in [0.2, 0.25) is 0 Å². The number of benzene rings is 2. The minimum atomic E-state index is -0.175. The van der Waals surface area contributed by atoms with Crippen LogP contribution < -0.4 is 0 Å². The molecule has 0 spiro atoms. The maximum atomic E-state index is 10.3. The minimum absolute atomic E-state index is 0.116. The van der Waals surface area contributed by atoms with Gasteiger partial charge in [-0.05, 0) is 153 Å². The predicted octanol–water partition coefficient (Wildman–Crippen LogP) is 11.5. The van der Waals surface area contributed by atoms with Crippen molar-refractivity contribution in [2.24, 2.45) is 0 Å². The fourth-order valence-corrected chi connectivity index (χ4v) is 6.71. The smallest absolute Gasteiger partial charge is 0.334 e. The van der Waals surface area contributed by atoms with E-state index in [2.05, 4.69) is 132 Å². The van der Waals surface area contributed by atoms with Gasteiger partial charge in [-0.1, -0.05) is 24.3 Å². The number of hydrogen-bond acceptors (Lipinski definition) is 2. The second-order valence-corrected chi connectivity index (χ2v) is 17.5. The van der Waals surface area contributed by atoms with Crippen molar-refractivity contribution >= 4 is 0 Å². The minimum Gasteiger partial charge on any atom is -0.508 e. The molecule has 46 heavy (non-hydrogen) atoms. The van der Waals surface area contributed by atoms with Gasteiger partial charge in [0.05, 0.1) is 21.7 Å². The predicted molar refractivity (Wildman–Crippen MR) is 188 cm³/mol. The van der Waals surface area contributed by atoms with E-state index in [0.717, 1.165) is 23.0 Å². The van der Waals surface area contributed by atoms with E-state index in [0.29, 0.717) is 0 Å². The summed E-state index contributed by atoms with van der Waals surface area (Å²) in [4.78, 5) is 0. The van der Waals surface area contributed by atoms with Crippen LogP contribution in [0.25, 0.3) is 0 Å². The molecule has 0 bridgehead atoms. The Bertz CT molecular complexity index is 1490. The van der Waals surface area contributed by atoms with Crippen LogP contribution in [0.2, 0.25) is 0 Å². The molecular formula is C42H54O4+2. The van der Waals surface area contributed by atoms with Gasteiger partial charge in [0.1, 0.15) is 11.5 Å². The van der Waals surface area contributed by atoms with E-state index in [9.17, 15) is 10.2 Å². The van der Waals surface area contributed by atoms with Gasteiger partial charge in [-0.15, -0.1) is 0 Å². The first-order valence-corrected chi connectivity index (χ1v) is 16.7. The number of phenolic OH excluding ortho intramolecular Hbond substituents is 2. The van der Waals surface area contributed by atoms with Crippen LogP contribution in [0.4, 0.5) is 0 Å². The van der Waals surface area contributed by atoms with Gasteiger partial charge < -0.3 is 10.2 Å². The van der Waals surface area contributed by atoms with Crippen molar-refractivity contribution in [3.63, 3.8) is 0 Å². The first-order chi connectivity index (χ1) is 21.1. The Kier molecular flexibility index (Phi) is 8.46. The van der Waals surface area contributed by atoms with Crippen LogP contribution in [0.1, 0.15) is 152 Å². The van der Waals surface area contributed by atoms with Gasteiger partial charge in [0.25, 0.3) is 0 Å². The summed E-state index contributed by atoms with van der Waals surface area (Å²) in [6.45, 7) is 26.5. The Morgan fingerprint density at radius 3 is 0.804 bits per heavy atom. The van der Waals surface area contributed by atoms with E-state index in [4.69, 9.17) is 8.83 Å². The van der Waals surface area contributed by atoms with Gasteiger partial charge >= 0.3 is 23.0 Å². The number of rotatable bonds is 4. The largest absolute Gasteiger partial charge is 0.508 e. The molecule has 0 amide bonds. The van der Waals surface area contributed by atoms with Gasteiger partial charge in [0, 0.05) is 24.3 Å². The third-order valence-corrected chi connectivity index (χ3v) is 9.46. The maximum absolute atomic E-state index is 10.3. The summed E-state index contributed by atoms with van der Waals surface area (Å²) in [7, 11) is 0. The lowest BCUT2D eigenvalue weighted by molar-refractivity contribution is 0.221. The lowest BCUT2D eigenvalue weighted by atomic mass is 9.49. The Labute approximate surface area is 276 Å². The summed E-state index contributed by atoms with van der Waals surface area (Å²) < 4.78 is 13.2. The normalized spacial score (nSPS) is 20.8. The molecule has 0 atom stereocenters. The molecule has 2 aromatic heterocycles. The third kappa shape index (κ3) is 6.73. The summed E-state index contributed by atoms with van der Waals surface area (Å²) in [6, 6.07) is 24.7. The van der Waals surface area contributed by atoms with E-state index in [1.165, 1.54) is 22.3 Å². The van der Waals surface area contributed by atoms with Crippen LogP contribution in [0.3, 0.4) is 0 Å². The lowest BCUT2D eigenvalue weighted by Crippen LogP contribution is -2.40. The molecule has 1 saturated carbocycles. The molecule has 0 radical (unpaired) electrons. The average Bonchev–Trinajstić information content (AvgIpc) is 2.92. The van der Waals surface area contributed by atoms with Crippen molar-refractivity contribution < 1.29 is 19.0 Å². The fourth-order valence-electron chi connectivity index (χ4n) is 6.71. The third-order valence-electron chi connectivity index (χ3n) is 9.46. The Morgan fingerprint density at radius 1 is 0.370 bits per heavy atom. The highest BCUT2D eigenvalue weighted by atomic mass is 16.3. The van der Waals surface area contributed by atoms with Gasteiger partial charge in [-0.3, -0.25) is 0 Å². The SMILES string of the molecule is CC(C)(C)c1cc(C2C(c3ccc(O)cc3)C(c3cc(C(C)(C)C)[o+]c(C(C)(C)C)c3)C2c2ccc(O)cc2)cc(C(C)(C)C)[o+]1. The van der Waals surface area contributed by atoms with Gasteiger partial charge in [0.15, 0.2) is 0 Å². The molecule has 2 N–H and O–H groups in total. The van der Waals surface area contributed by atoms with Gasteiger partial charge in [-0.2, -0.15) is 0 Å². The first kappa shape index (κ1) is 33.7. The molecule has 4 nitrogen and oxygen atoms in total. The van der Waals surface area contributed by atoms with Crippen LogP contribution in [0.5, 0.6) is 11.5 Å². The van der Waals surface area contributed by atoms with E-state index < -0.39 is 0 Å². The zero-order chi connectivity index (χ0) is 34.0. The molecule has 2 aromatic carbocycles. The molecule has 2 heterocycles. The quantitative estimate of drug-likeness (QED) is 0.222. The highest BCUT2D eigenvalue weighted by Crippen LogP contribution is 2.67. The number of phenols is 2. The van der Waals surface area contributed by atoms with Crippen molar-refractivity contribution in [3.8, 4) is 11.5 Å². The Morgan fingerprint density at radius 2 is 0.587 bits per heavy atom. The number of aromatic hydroxyl groups is 2. The van der Waals surface area contributed by atoms with E-state index >= 15 is 0 Å². The van der Waals surface area contributed by atoms with Crippen molar-refractivity contribution in [3.05, 3.63) is 118 Å². The molecule has 4 heteroatoms. The summed E-state index contributed by atoms with van der Waals surface area (Å²) >= 11 is 0. The second-order valence-electron chi connectivity index (χ2n) is 17.5. The van der Waals surface area contributed by atoms with E-state index in [-0.39, 0.29) is 56.8 Å². The van der Waals surface area contributed by atoms with E-state index in [1.807, 2.05) is 0 Å². The summed E-state index contributed by atoms with van der Waals surface area (Å²) in [5.74, 6) is 4.86. The summed E-state index contributed by atoms with van der Waals surface area (Å²) in [5, 5.41) is 20.6. The highest BCUT2D eigenvalue weighted by molar-refractivity contribution is 5.50. The van der Waals surface area contributed by atoms with Crippen LogP contribution >= 0.6 is 0 Å². The van der Waals surface area contributed by atoms with Crippen LogP contribution in [-0.4, -0.2) is 10.2 Å². The average molecular weight is 623 g/mol. The molecule has 5 rings (SSSR count). The van der Waals surface area contributed by atoms with E-state index in [1.54, 1.807) is 24.3 Å². The molecule has 0 unspecified atom stereocenters. The topological polar surface area (TPSA) is 63.1 Å².